The lowest BCUT2D eigenvalue weighted by Gasteiger charge is -2.02. The van der Waals surface area contributed by atoms with Gasteiger partial charge < -0.3 is 19.7 Å². The van der Waals surface area contributed by atoms with E-state index in [0.717, 1.165) is 51.4 Å². The van der Waals surface area contributed by atoms with Gasteiger partial charge in [-0.1, -0.05) is 26.2 Å². The number of rotatable bonds is 14. The molecule has 0 spiro atoms. The van der Waals surface area contributed by atoms with E-state index in [1.807, 2.05) is 0 Å². The van der Waals surface area contributed by atoms with Crippen molar-refractivity contribution in [3.8, 4) is 0 Å². The molecule has 0 bridgehead atoms. The van der Waals surface area contributed by atoms with E-state index in [9.17, 15) is 9.59 Å². The first-order valence-electron chi connectivity index (χ1n) is 9.15. The van der Waals surface area contributed by atoms with Crippen molar-refractivity contribution in [2.75, 3.05) is 26.4 Å². The number of aliphatic hydroxyl groups is 2. The molecule has 0 aliphatic carbocycles. The summed E-state index contributed by atoms with van der Waals surface area (Å²) in [4.78, 5) is 21.7. The van der Waals surface area contributed by atoms with Crippen LogP contribution in [-0.2, 0) is 19.1 Å². The Labute approximate surface area is 146 Å². The van der Waals surface area contributed by atoms with Crippen molar-refractivity contribution in [3.63, 3.8) is 0 Å². The van der Waals surface area contributed by atoms with Gasteiger partial charge in [-0.25, -0.2) is 0 Å². The van der Waals surface area contributed by atoms with Crippen LogP contribution in [0.4, 0.5) is 0 Å². The zero-order chi connectivity index (χ0) is 18.5. The molecule has 2 N–H and O–H groups in total. The van der Waals surface area contributed by atoms with Crippen LogP contribution in [0, 0.1) is 0 Å². The molecular formula is C18H36O6. The topological polar surface area (TPSA) is 93.1 Å². The third-order valence-electron chi connectivity index (χ3n) is 3.14. The van der Waals surface area contributed by atoms with Crippen LogP contribution in [0.1, 0.15) is 78.1 Å². The van der Waals surface area contributed by atoms with Gasteiger partial charge in [0.15, 0.2) is 0 Å². The summed E-state index contributed by atoms with van der Waals surface area (Å²) in [5.74, 6) is -0.239. The van der Waals surface area contributed by atoms with Gasteiger partial charge in [-0.2, -0.15) is 0 Å². The van der Waals surface area contributed by atoms with E-state index in [4.69, 9.17) is 19.7 Å². The summed E-state index contributed by atoms with van der Waals surface area (Å²) in [5.41, 5.74) is 0. The fourth-order valence-corrected chi connectivity index (χ4v) is 1.75. The number of unbranched alkanes of at least 4 members (excludes halogenated alkanes) is 5. The van der Waals surface area contributed by atoms with Crippen molar-refractivity contribution in [2.45, 2.75) is 78.1 Å². The van der Waals surface area contributed by atoms with Gasteiger partial charge in [-0.3, -0.25) is 9.59 Å². The lowest BCUT2D eigenvalue weighted by atomic mass is 10.2. The zero-order valence-electron chi connectivity index (χ0n) is 15.4. The molecule has 0 aromatic rings. The molecule has 144 valence electrons. The van der Waals surface area contributed by atoms with Crippen LogP contribution in [-0.4, -0.2) is 48.6 Å². The van der Waals surface area contributed by atoms with Crippen LogP contribution < -0.4 is 0 Å². The van der Waals surface area contributed by atoms with Crippen LogP contribution in [0.5, 0.6) is 0 Å². The highest BCUT2D eigenvalue weighted by molar-refractivity contribution is 5.69. The standard InChI is InChI=1S/C10H20O3.C8H16O3/c1-2-3-9-13-10(12)7-5-4-6-8-11;1-2-11-8(10)6-4-3-5-7-9/h11H,2-9H2,1H3;9H,2-7H2,1H3. The number of carbonyl (C=O) groups excluding carboxylic acids is 2. The smallest absolute Gasteiger partial charge is 0.305 e. The summed E-state index contributed by atoms with van der Waals surface area (Å²) in [6.45, 7) is 5.29. The van der Waals surface area contributed by atoms with Crippen LogP contribution in [0.3, 0.4) is 0 Å². The maximum absolute atomic E-state index is 11.0. The number of esters is 2. The third-order valence-corrected chi connectivity index (χ3v) is 3.14. The van der Waals surface area contributed by atoms with Crippen LogP contribution >= 0.6 is 0 Å². The molecule has 0 heterocycles. The second-order valence-corrected chi connectivity index (χ2v) is 5.45. The van der Waals surface area contributed by atoms with Crippen LogP contribution in [0.25, 0.3) is 0 Å². The predicted molar refractivity (Wildman–Crippen MR) is 93.6 cm³/mol. The van der Waals surface area contributed by atoms with Crippen LogP contribution in [0.2, 0.25) is 0 Å². The Bertz CT molecular complexity index is 281. The number of aliphatic hydroxyl groups excluding tert-OH is 2. The summed E-state index contributed by atoms with van der Waals surface area (Å²) in [5, 5.41) is 16.9. The quantitative estimate of drug-likeness (QED) is 0.370. The summed E-state index contributed by atoms with van der Waals surface area (Å²) in [6.07, 6.45) is 7.97. The first-order chi connectivity index (χ1) is 11.6. The van der Waals surface area contributed by atoms with Crippen molar-refractivity contribution in [3.05, 3.63) is 0 Å². The average molecular weight is 348 g/mol. The van der Waals surface area contributed by atoms with Gasteiger partial charge in [0, 0.05) is 26.1 Å². The molecule has 6 heteroatoms. The van der Waals surface area contributed by atoms with Gasteiger partial charge in [-0.05, 0) is 39.0 Å². The number of carbonyl (C=O) groups is 2. The minimum Gasteiger partial charge on any atom is -0.466 e. The Morgan fingerprint density at radius 1 is 0.708 bits per heavy atom. The molecular weight excluding hydrogens is 312 g/mol. The summed E-state index contributed by atoms with van der Waals surface area (Å²) >= 11 is 0. The van der Waals surface area contributed by atoms with Gasteiger partial charge in [0.25, 0.3) is 0 Å². The molecule has 0 fully saturated rings. The fraction of sp³-hybridized carbons (Fsp3) is 0.889. The SMILES string of the molecule is CCCCOC(=O)CCCCCO.CCOC(=O)CCCCCO. The minimum absolute atomic E-state index is 0.105. The molecule has 0 radical (unpaired) electrons. The van der Waals surface area contributed by atoms with Crippen molar-refractivity contribution < 1.29 is 29.3 Å². The summed E-state index contributed by atoms with van der Waals surface area (Å²) in [7, 11) is 0. The van der Waals surface area contributed by atoms with E-state index in [-0.39, 0.29) is 25.2 Å². The number of hydrogen-bond acceptors (Lipinski definition) is 6. The molecule has 0 aromatic carbocycles. The highest BCUT2D eigenvalue weighted by atomic mass is 16.5. The van der Waals surface area contributed by atoms with E-state index in [0.29, 0.717) is 26.1 Å². The summed E-state index contributed by atoms with van der Waals surface area (Å²) < 4.78 is 9.68. The largest absolute Gasteiger partial charge is 0.466 e. The average Bonchev–Trinajstić information content (AvgIpc) is 2.57. The Morgan fingerprint density at radius 3 is 1.62 bits per heavy atom. The summed E-state index contributed by atoms with van der Waals surface area (Å²) in [6, 6.07) is 0. The fourth-order valence-electron chi connectivity index (χ4n) is 1.75. The lowest BCUT2D eigenvalue weighted by Crippen LogP contribution is -2.05. The maximum atomic E-state index is 11.0. The Kier molecular flexibility index (Phi) is 22.9. The van der Waals surface area contributed by atoms with E-state index >= 15 is 0 Å². The van der Waals surface area contributed by atoms with Gasteiger partial charge in [0.1, 0.15) is 0 Å². The highest BCUT2D eigenvalue weighted by Crippen LogP contribution is 2.01. The second-order valence-electron chi connectivity index (χ2n) is 5.45. The molecule has 6 nitrogen and oxygen atoms in total. The minimum atomic E-state index is -0.134. The molecule has 0 aromatic heterocycles. The second kappa shape index (κ2) is 21.9. The van der Waals surface area contributed by atoms with E-state index in [2.05, 4.69) is 6.92 Å². The molecule has 0 unspecified atom stereocenters. The van der Waals surface area contributed by atoms with Gasteiger partial charge >= 0.3 is 11.9 Å². The van der Waals surface area contributed by atoms with Gasteiger partial charge in [0.2, 0.25) is 0 Å². The van der Waals surface area contributed by atoms with Gasteiger partial charge in [-0.15, -0.1) is 0 Å². The Balaban J connectivity index is 0. The molecule has 24 heavy (non-hydrogen) atoms. The number of hydrogen-bond donors (Lipinski definition) is 2. The molecule has 0 amide bonds. The molecule has 0 aliphatic heterocycles. The van der Waals surface area contributed by atoms with Crippen molar-refractivity contribution in [2.24, 2.45) is 0 Å². The lowest BCUT2D eigenvalue weighted by molar-refractivity contribution is -0.144. The predicted octanol–water partition coefficient (Wildman–Crippen LogP) is 2.98. The number of ether oxygens (including phenoxy) is 2. The Hall–Kier alpha value is -1.14. The maximum Gasteiger partial charge on any atom is 0.305 e. The van der Waals surface area contributed by atoms with Crippen molar-refractivity contribution in [1.29, 1.82) is 0 Å². The zero-order valence-corrected chi connectivity index (χ0v) is 15.4. The molecule has 0 rings (SSSR count). The van der Waals surface area contributed by atoms with Crippen molar-refractivity contribution >= 4 is 11.9 Å². The molecule has 0 saturated carbocycles. The molecule has 0 atom stereocenters. The highest BCUT2D eigenvalue weighted by Gasteiger charge is 2.01. The first-order valence-corrected chi connectivity index (χ1v) is 9.15. The van der Waals surface area contributed by atoms with E-state index in [1.54, 1.807) is 6.92 Å². The van der Waals surface area contributed by atoms with Crippen LogP contribution in [0.15, 0.2) is 0 Å². The normalized spacial score (nSPS) is 9.83. The molecule has 0 saturated heterocycles. The molecule has 0 aliphatic rings. The third kappa shape index (κ3) is 23.1. The van der Waals surface area contributed by atoms with Crippen molar-refractivity contribution in [1.82, 2.24) is 0 Å². The van der Waals surface area contributed by atoms with E-state index < -0.39 is 0 Å². The Morgan fingerprint density at radius 2 is 1.21 bits per heavy atom. The van der Waals surface area contributed by atoms with E-state index in [1.165, 1.54) is 0 Å². The monoisotopic (exact) mass is 348 g/mol. The van der Waals surface area contributed by atoms with Gasteiger partial charge in [0.05, 0.1) is 13.2 Å². The first kappa shape index (κ1) is 25.1.